The molecule has 6 N–H and O–H groups in total. The van der Waals surface area contributed by atoms with Crippen LogP contribution in [0.15, 0.2) is 15.8 Å². The first kappa shape index (κ1) is 26.5. The van der Waals surface area contributed by atoms with Crippen molar-refractivity contribution in [1.29, 1.82) is 0 Å². The van der Waals surface area contributed by atoms with Crippen molar-refractivity contribution >= 4 is 35.1 Å². The molecule has 16 nitrogen and oxygen atoms in total. The molecule has 1 saturated heterocycles. The van der Waals surface area contributed by atoms with E-state index in [9.17, 15) is 37.7 Å². The minimum Gasteiger partial charge on any atom is -0.385 e. The molecule has 6 atom stereocenters. The number of phosphoric ester groups is 1. The van der Waals surface area contributed by atoms with Gasteiger partial charge in [0.05, 0.1) is 6.61 Å². The normalized spacial score (nSPS) is 30.6. The molecule has 0 aromatic carbocycles. The number of hydrogen-bond donors (Lipinski definition) is 6. The van der Waals surface area contributed by atoms with Gasteiger partial charge in [0.2, 0.25) is 0 Å². The number of aromatic amines is 1. The molecule has 0 saturated carbocycles. The van der Waals surface area contributed by atoms with E-state index >= 15 is 0 Å². The van der Waals surface area contributed by atoms with Crippen molar-refractivity contribution in [3.8, 4) is 0 Å². The number of ether oxygens (including phenoxy) is 1. The number of alkyl halides is 2. The molecule has 0 spiro atoms. The Morgan fingerprint density at radius 3 is 2.35 bits per heavy atom. The second-order valence-electron chi connectivity index (χ2n) is 6.01. The molecule has 1 aliphatic heterocycles. The molecule has 1 fully saturated rings. The van der Waals surface area contributed by atoms with Gasteiger partial charge in [-0.2, -0.15) is 8.62 Å². The molecule has 1 aliphatic rings. The summed E-state index contributed by atoms with van der Waals surface area (Å²) in [5, 5.41) is 6.79. The fraction of sp³-hybridized carbons (Fsp3) is 0.600. The van der Waals surface area contributed by atoms with E-state index in [4.69, 9.17) is 31.0 Å². The third-order valence-corrected chi connectivity index (χ3v) is 7.81. The fourth-order valence-electron chi connectivity index (χ4n) is 2.34. The Labute approximate surface area is 175 Å². The Kier molecular flexibility index (Phi) is 7.58. The first-order chi connectivity index (χ1) is 13.8. The molecule has 0 bridgehead atoms. The van der Waals surface area contributed by atoms with E-state index in [1.807, 2.05) is 4.98 Å². The topological polar surface area (TPSA) is 244 Å². The summed E-state index contributed by atoms with van der Waals surface area (Å²) in [6.45, 7) is 0.0397. The van der Waals surface area contributed by atoms with Crippen LogP contribution in [-0.4, -0.2) is 58.2 Å². The predicted molar refractivity (Wildman–Crippen MR) is 95.5 cm³/mol. The largest absolute Gasteiger partial charge is 0.490 e. The summed E-state index contributed by atoms with van der Waals surface area (Å²) in [6.07, 6.45) is -5.34. The minimum absolute atomic E-state index is 0.0538. The zero-order chi connectivity index (χ0) is 24.0. The quantitative estimate of drug-likeness (QED) is 0.179. The predicted octanol–water partition coefficient (Wildman–Crippen LogP) is -0.649. The molecule has 31 heavy (non-hydrogen) atoms. The van der Waals surface area contributed by atoms with Crippen LogP contribution in [0.25, 0.3) is 0 Å². The average molecular weight is 535 g/mol. The number of halogens is 2. The van der Waals surface area contributed by atoms with Crippen LogP contribution < -0.4 is 11.2 Å². The molecular formula is C10H15ClFN2O14P3. The lowest BCUT2D eigenvalue weighted by molar-refractivity contribution is -0.0510. The summed E-state index contributed by atoms with van der Waals surface area (Å²) in [7, 11) is -17.0. The Morgan fingerprint density at radius 2 is 1.81 bits per heavy atom. The van der Waals surface area contributed by atoms with Crippen LogP contribution in [0.4, 0.5) is 4.39 Å². The third-order valence-electron chi connectivity index (χ3n) is 3.60. The second kappa shape index (κ2) is 8.88. The van der Waals surface area contributed by atoms with E-state index in [2.05, 4.69) is 13.1 Å². The molecule has 0 aliphatic carbocycles. The molecule has 2 heterocycles. The van der Waals surface area contributed by atoms with Gasteiger partial charge in [0.25, 0.3) is 10.7 Å². The maximum absolute atomic E-state index is 14.8. The first-order valence-corrected chi connectivity index (χ1v) is 12.6. The lowest BCUT2D eigenvalue weighted by atomic mass is 10.1. The summed E-state index contributed by atoms with van der Waals surface area (Å²) in [5.74, 6) is 0. The van der Waals surface area contributed by atoms with E-state index in [0.29, 0.717) is 4.57 Å². The number of H-pyrrole nitrogens is 1. The SMILES string of the molecule is Cc1cn([C@@H]2O[C@H](COP(=O)(O)OP(=O)(O)OP(=O)(O)O)[C@@H](O)[C@@]2(F)Cl)c(=O)[nH]c1=O. The van der Waals surface area contributed by atoms with E-state index in [-0.39, 0.29) is 5.56 Å². The molecule has 1 aromatic rings. The van der Waals surface area contributed by atoms with Crippen molar-refractivity contribution in [3.05, 3.63) is 32.6 Å². The number of nitrogens with one attached hydrogen (secondary N) is 1. The molecule has 178 valence electrons. The summed E-state index contributed by atoms with van der Waals surface area (Å²) >= 11 is 5.60. The van der Waals surface area contributed by atoms with Crippen molar-refractivity contribution in [3.63, 3.8) is 0 Å². The van der Waals surface area contributed by atoms with Crippen LogP contribution in [0, 0.1) is 6.92 Å². The van der Waals surface area contributed by atoms with Crippen LogP contribution in [0.1, 0.15) is 11.8 Å². The molecular weight excluding hydrogens is 519 g/mol. The number of aromatic nitrogens is 2. The van der Waals surface area contributed by atoms with Crippen molar-refractivity contribution in [2.75, 3.05) is 6.61 Å². The van der Waals surface area contributed by atoms with Crippen LogP contribution in [-0.2, 0) is 31.6 Å². The summed E-state index contributed by atoms with van der Waals surface area (Å²) in [6, 6.07) is 0. The van der Waals surface area contributed by atoms with Gasteiger partial charge in [-0.3, -0.25) is 18.9 Å². The van der Waals surface area contributed by atoms with Gasteiger partial charge in [0, 0.05) is 11.8 Å². The van der Waals surface area contributed by atoms with Crippen LogP contribution >= 0.6 is 35.1 Å². The number of aliphatic hydroxyl groups excluding tert-OH is 1. The maximum Gasteiger partial charge on any atom is 0.490 e. The summed E-state index contributed by atoms with van der Waals surface area (Å²) in [5.41, 5.74) is -2.01. The third kappa shape index (κ3) is 6.62. The van der Waals surface area contributed by atoms with Crippen LogP contribution in [0.3, 0.4) is 0 Å². The number of rotatable bonds is 8. The van der Waals surface area contributed by atoms with E-state index in [0.717, 1.165) is 6.20 Å². The van der Waals surface area contributed by atoms with E-state index < -0.39 is 64.9 Å². The molecule has 1 aromatic heterocycles. The van der Waals surface area contributed by atoms with Crippen molar-refractivity contribution in [2.24, 2.45) is 0 Å². The van der Waals surface area contributed by atoms with Crippen molar-refractivity contribution in [2.45, 2.75) is 30.5 Å². The number of phosphoric acid groups is 3. The molecule has 0 amide bonds. The van der Waals surface area contributed by atoms with Gasteiger partial charge in [-0.15, -0.1) is 0 Å². The van der Waals surface area contributed by atoms with Gasteiger partial charge in [-0.1, -0.05) is 11.6 Å². The number of hydrogen-bond acceptors (Lipinski definition) is 10. The molecule has 0 radical (unpaired) electrons. The Hall–Kier alpha value is -0.770. The van der Waals surface area contributed by atoms with Gasteiger partial charge in [-0.25, -0.2) is 22.9 Å². The van der Waals surface area contributed by atoms with E-state index in [1.165, 1.54) is 6.92 Å². The van der Waals surface area contributed by atoms with E-state index in [1.54, 1.807) is 0 Å². The summed E-state index contributed by atoms with van der Waals surface area (Å²) in [4.78, 5) is 60.5. The lowest BCUT2D eigenvalue weighted by Gasteiger charge is -2.22. The first-order valence-electron chi connectivity index (χ1n) is 7.66. The Bertz CT molecular complexity index is 1100. The lowest BCUT2D eigenvalue weighted by Crippen LogP contribution is -2.42. The van der Waals surface area contributed by atoms with Gasteiger partial charge in [0.1, 0.15) is 12.2 Å². The zero-order valence-corrected chi connectivity index (χ0v) is 18.4. The van der Waals surface area contributed by atoms with Crippen LogP contribution in [0.2, 0.25) is 0 Å². The second-order valence-corrected chi connectivity index (χ2v) is 11.0. The van der Waals surface area contributed by atoms with Gasteiger partial charge < -0.3 is 29.4 Å². The average Bonchev–Trinajstić information content (AvgIpc) is 2.76. The monoisotopic (exact) mass is 534 g/mol. The number of aryl methyl sites for hydroxylation is 1. The fourth-order valence-corrected chi connectivity index (χ4v) is 5.66. The standard InChI is InChI=1S/C10H15ClFN2O14P3/c1-4-2-14(9(17)13-7(4)16)8-10(11,12)6(15)5(26-8)3-25-30(21,22)28-31(23,24)27-29(18,19)20/h2,5-6,8,15H,3H2,1H3,(H,21,22)(H,23,24)(H,13,16,17)(H2,18,19,20)/t5-,6-,8-,10+/m1/s1. The number of nitrogens with zero attached hydrogens (tertiary/aromatic N) is 1. The van der Waals surface area contributed by atoms with Crippen LogP contribution in [0.5, 0.6) is 0 Å². The highest BCUT2D eigenvalue weighted by molar-refractivity contribution is 7.66. The zero-order valence-electron chi connectivity index (χ0n) is 15.0. The Morgan fingerprint density at radius 1 is 1.23 bits per heavy atom. The summed E-state index contributed by atoms with van der Waals surface area (Å²) < 4.78 is 65.1. The highest BCUT2D eigenvalue weighted by Crippen LogP contribution is 2.66. The van der Waals surface area contributed by atoms with Gasteiger partial charge in [0.15, 0.2) is 6.23 Å². The van der Waals surface area contributed by atoms with Gasteiger partial charge >= 0.3 is 29.2 Å². The number of aliphatic hydroxyl groups is 1. The van der Waals surface area contributed by atoms with Crippen molar-refractivity contribution < 1.29 is 60.6 Å². The minimum atomic E-state index is -5.80. The van der Waals surface area contributed by atoms with Gasteiger partial charge in [-0.05, 0) is 6.92 Å². The molecule has 2 rings (SSSR count). The Balaban J connectivity index is 2.17. The smallest absolute Gasteiger partial charge is 0.385 e. The molecule has 21 heteroatoms. The molecule has 2 unspecified atom stereocenters. The highest BCUT2D eigenvalue weighted by atomic mass is 35.5. The van der Waals surface area contributed by atoms with Crippen molar-refractivity contribution in [1.82, 2.24) is 9.55 Å². The maximum atomic E-state index is 14.8. The highest BCUT2D eigenvalue weighted by Gasteiger charge is 2.58.